The van der Waals surface area contributed by atoms with Crippen molar-refractivity contribution in [2.45, 2.75) is 6.54 Å². The Balaban J connectivity index is 2.24. The standard InChI is InChI=1S/C11H8N2OS/c15-8-12-7-10-6-11(13-14-10)9-4-2-1-3-5-9/h1-6H,7H2. The molecule has 0 aliphatic carbocycles. The Morgan fingerprint density at radius 1 is 1.33 bits per heavy atom. The van der Waals surface area contributed by atoms with E-state index in [-0.39, 0.29) is 0 Å². The zero-order valence-corrected chi connectivity index (χ0v) is 8.70. The van der Waals surface area contributed by atoms with Crippen LogP contribution in [-0.4, -0.2) is 10.3 Å². The summed E-state index contributed by atoms with van der Waals surface area (Å²) in [6.07, 6.45) is 0. The van der Waals surface area contributed by atoms with E-state index in [2.05, 4.69) is 27.5 Å². The molecule has 0 saturated heterocycles. The first kappa shape index (κ1) is 9.77. The van der Waals surface area contributed by atoms with Crippen LogP contribution < -0.4 is 0 Å². The van der Waals surface area contributed by atoms with Crippen LogP contribution in [0.25, 0.3) is 11.3 Å². The highest BCUT2D eigenvalue weighted by Gasteiger charge is 2.04. The number of aromatic nitrogens is 1. The van der Waals surface area contributed by atoms with Gasteiger partial charge in [0.1, 0.15) is 12.2 Å². The number of thiocarbonyl (C=S) groups is 1. The average molecular weight is 216 g/mol. The van der Waals surface area contributed by atoms with Gasteiger partial charge in [-0.3, -0.25) is 0 Å². The van der Waals surface area contributed by atoms with Gasteiger partial charge in [0.15, 0.2) is 5.76 Å². The maximum Gasteiger partial charge on any atom is 0.159 e. The fourth-order valence-electron chi connectivity index (χ4n) is 1.24. The zero-order chi connectivity index (χ0) is 10.5. The van der Waals surface area contributed by atoms with Crippen LogP contribution in [0.4, 0.5) is 0 Å². The van der Waals surface area contributed by atoms with E-state index in [1.54, 1.807) is 0 Å². The molecule has 0 aliphatic heterocycles. The highest BCUT2D eigenvalue weighted by atomic mass is 32.1. The van der Waals surface area contributed by atoms with E-state index in [9.17, 15) is 0 Å². The smallest absolute Gasteiger partial charge is 0.159 e. The van der Waals surface area contributed by atoms with Crippen molar-refractivity contribution in [3.8, 4) is 11.3 Å². The Morgan fingerprint density at radius 3 is 2.87 bits per heavy atom. The van der Waals surface area contributed by atoms with Gasteiger partial charge in [-0.1, -0.05) is 35.5 Å². The number of isothiocyanates is 1. The molecule has 2 rings (SSSR count). The van der Waals surface area contributed by atoms with Crippen LogP contribution in [-0.2, 0) is 6.54 Å². The molecule has 3 nitrogen and oxygen atoms in total. The number of hydrogen-bond donors (Lipinski definition) is 0. The number of benzene rings is 1. The van der Waals surface area contributed by atoms with Crippen LogP contribution in [0.15, 0.2) is 45.9 Å². The van der Waals surface area contributed by atoms with Gasteiger partial charge >= 0.3 is 0 Å². The van der Waals surface area contributed by atoms with Gasteiger partial charge in [-0.2, -0.15) is 0 Å². The highest BCUT2D eigenvalue weighted by molar-refractivity contribution is 7.78. The third-order valence-corrected chi connectivity index (χ3v) is 2.06. The van der Waals surface area contributed by atoms with Crippen LogP contribution in [0.1, 0.15) is 5.76 Å². The monoisotopic (exact) mass is 216 g/mol. The summed E-state index contributed by atoms with van der Waals surface area (Å²) in [6, 6.07) is 11.7. The molecule has 0 fully saturated rings. The Hall–Kier alpha value is -1.77. The molecular formula is C11H8N2OS. The second-order valence-electron chi connectivity index (χ2n) is 2.95. The molecule has 74 valence electrons. The first-order valence-electron chi connectivity index (χ1n) is 4.45. The molecule has 1 aromatic heterocycles. The summed E-state index contributed by atoms with van der Waals surface area (Å²) in [5.74, 6) is 0.686. The molecule has 0 radical (unpaired) electrons. The fraction of sp³-hybridized carbons (Fsp3) is 0.0909. The van der Waals surface area contributed by atoms with Crippen LogP contribution in [0, 0.1) is 0 Å². The summed E-state index contributed by atoms with van der Waals surface area (Å²) in [4.78, 5) is 3.78. The van der Waals surface area contributed by atoms with Gasteiger partial charge in [-0.15, -0.1) is 0 Å². The molecule has 1 heterocycles. The van der Waals surface area contributed by atoms with Crippen molar-refractivity contribution in [3.63, 3.8) is 0 Å². The third-order valence-electron chi connectivity index (χ3n) is 1.93. The molecule has 2 aromatic rings. The molecule has 0 N–H and O–H groups in total. The zero-order valence-electron chi connectivity index (χ0n) is 7.88. The minimum atomic E-state index is 0.392. The number of rotatable bonds is 3. The van der Waals surface area contributed by atoms with E-state index in [0.717, 1.165) is 11.3 Å². The SMILES string of the molecule is S=C=NCc1cc(-c2ccccc2)no1. The second kappa shape index (κ2) is 4.64. The Bertz CT molecular complexity index is 486. The average Bonchev–Trinajstić information content (AvgIpc) is 2.76. The second-order valence-corrected chi connectivity index (χ2v) is 3.13. The Kier molecular flexibility index (Phi) is 3.02. The Morgan fingerprint density at radius 2 is 2.13 bits per heavy atom. The molecule has 0 atom stereocenters. The first-order valence-corrected chi connectivity index (χ1v) is 4.85. The molecule has 0 bridgehead atoms. The van der Waals surface area contributed by atoms with Crippen LogP contribution in [0.3, 0.4) is 0 Å². The molecule has 15 heavy (non-hydrogen) atoms. The topological polar surface area (TPSA) is 38.4 Å². The van der Waals surface area contributed by atoms with Crippen molar-refractivity contribution in [2.24, 2.45) is 4.99 Å². The molecular weight excluding hydrogens is 208 g/mol. The molecule has 0 unspecified atom stereocenters. The van der Waals surface area contributed by atoms with E-state index < -0.39 is 0 Å². The maximum absolute atomic E-state index is 5.09. The predicted octanol–water partition coefficient (Wildman–Crippen LogP) is 2.94. The molecule has 0 amide bonds. The van der Waals surface area contributed by atoms with Crippen LogP contribution in [0.2, 0.25) is 0 Å². The highest BCUT2D eigenvalue weighted by Crippen LogP contribution is 2.18. The van der Waals surface area contributed by atoms with Crippen molar-refractivity contribution in [1.29, 1.82) is 0 Å². The summed E-state index contributed by atoms with van der Waals surface area (Å²) in [6.45, 7) is 0.392. The third kappa shape index (κ3) is 2.37. The molecule has 4 heteroatoms. The summed E-state index contributed by atoms with van der Waals surface area (Å²) in [5, 5.41) is 6.23. The van der Waals surface area contributed by atoms with Gasteiger partial charge < -0.3 is 4.52 Å². The van der Waals surface area contributed by atoms with Gasteiger partial charge in [-0.25, -0.2) is 4.99 Å². The van der Waals surface area contributed by atoms with Gasteiger partial charge in [0, 0.05) is 11.6 Å². The van der Waals surface area contributed by atoms with Crippen molar-refractivity contribution >= 4 is 17.4 Å². The minimum Gasteiger partial charge on any atom is -0.359 e. The summed E-state index contributed by atoms with van der Waals surface area (Å²) < 4.78 is 5.09. The number of hydrogen-bond acceptors (Lipinski definition) is 4. The van der Waals surface area contributed by atoms with E-state index in [0.29, 0.717) is 12.3 Å². The quantitative estimate of drug-likeness (QED) is 0.585. The lowest BCUT2D eigenvalue weighted by Crippen LogP contribution is -1.74. The van der Waals surface area contributed by atoms with Crippen molar-refractivity contribution < 1.29 is 4.52 Å². The van der Waals surface area contributed by atoms with E-state index >= 15 is 0 Å². The Labute approximate surface area is 92.4 Å². The lowest BCUT2D eigenvalue weighted by molar-refractivity contribution is 0.387. The minimum absolute atomic E-state index is 0.392. The summed E-state index contributed by atoms with van der Waals surface area (Å²) in [7, 11) is 0. The fourth-order valence-corrected chi connectivity index (χ4v) is 1.31. The van der Waals surface area contributed by atoms with Crippen LogP contribution in [0.5, 0.6) is 0 Å². The lowest BCUT2D eigenvalue weighted by atomic mass is 10.1. The van der Waals surface area contributed by atoms with Crippen molar-refractivity contribution in [1.82, 2.24) is 5.16 Å². The molecule has 0 saturated carbocycles. The van der Waals surface area contributed by atoms with E-state index in [4.69, 9.17) is 4.52 Å². The molecule has 1 aromatic carbocycles. The van der Waals surface area contributed by atoms with Gasteiger partial charge in [-0.05, 0) is 12.2 Å². The van der Waals surface area contributed by atoms with Crippen molar-refractivity contribution in [2.75, 3.05) is 0 Å². The maximum atomic E-state index is 5.09. The summed E-state index contributed by atoms with van der Waals surface area (Å²) >= 11 is 4.47. The number of nitrogens with zero attached hydrogens (tertiary/aromatic N) is 2. The predicted molar refractivity (Wildman–Crippen MR) is 60.7 cm³/mol. The van der Waals surface area contributed by atoms with E-state index in [1.165, 1.54) is 0 Å². The molecule has 0 spiro atoms. The normalized spacial score (nSPS) is 9.60. The largest absolute Gasteiger partial charge is 0.359 e. The number of aliphatic imine (C=N–C) groups is 1. The van der Waals surface area contributed by atoms with Gasteiger partial charge in [0.05, 0.1) is 5.16 Å². The lowest BCUT2D eigenvalue weighted by Gasteiger charge is -1.91. The molecule has 0 aliphatic rings. The first-order chi connectivity index (χ1) is 7.40. The van der Waals surface area contributed by atoms with Crippen molar-refractivity contribution in [3.05, 3.63) is 42.2 Å². The van der Waals surface area contributed by atoms with Gasteiger partial charge in [0.2, 0.25) is 0 Å². The van der Waals surface area contributed by atoms with E-state index in [1.807, 2.05) is 36.4 Å². The van der Waals surface area contributed by atoms with Gasteiger partial charge in [0.25, 0.3) is 0 Å². The summed E-state index contributed by atoms with van der Waals surface area (Å²) in [5.41, 5.74) is 1.84. The van der Waals surface area contributed by atoms with Crippen LogP contribution >= 0.6 is 12.2 Å².